The van der Waals surface area contributed by atoms with Gasteiger partial charge in [0.05, 0.1) is 5.25 Å². The predicted octanol–water partition coefficient (Wildman–Crippen LogP) is 1.70. The van der Waals surface area contributed by atoms with Gasteiger partial charge >= 0.3 is 0 Å². The highest BCUT2D eigenvalue weighted by atomic mass is 32.2. The molecule has 1 atom stereocenters. The second kappa shape index (κ2) is 6.56. The molecule has 1 amide bonds. The van der Waals surface area contributed by atoms with Crippen LogP contribution in [0.1, 0.15) is 19.3 Å². The lowest BCUT2D eigenvalue weighted by atomic mass is 10.2. The molecule has 0 radical (unpaired) electrons. The fraction of sp³-hybridized carbons (Fsp3) is 0.875. The highest BCUT2D eigenvalue weighted by Crippen LogP contribution is 2.25. The van der Waals surface area contributed by atoms with Gasteiger partial charge in [-0.2, -0.15) is 0 Å². The minimum atomic E-state index is 0.133. The number of nitrogens with zero attached hydrogens (tertiary/aromatic N) is 3. The van der Waals surface area contributed by atoms with Gasteiger partial charge < -0.3 is 5.32 Å². The van der Waals surface area contributed by atoms with Crippen LogP contribution in [0.15, 0.2) is 5.11 Å². The Labute approximate surface area is 87.3 Å². The van der Waals surface area contributed by atoms with Crippen molar-refractivity contribution in [2.45, 2.75) is 24.5 Å². The standard InChI is InChI=1S/C8H14N4OS/c9-12-11-5-2-4-10-8(13)7-3-1-6-14-7/h7H,1-6H2,(H,10,13). The van der Waals surface area contributed by atoms with Gasteiger partial charge in [0.25, 0.3) is 0 Å². The molecule has 1 rings (SSSR count). The Balaban J connectivity index is 2.05. The normalized spacial score (nSPS) is 20.1. The van der Waals surface area contributed by atoms with Crippen LogP contribution in [0.25, 0.3) is 10.4 Å². The van der Waals surface area contributed by atoms with Crippen LogP contribution in [-0.2, 0) is 4.79 Å². The molecule has 1 aliphatic heterocycles. The van der Waals surface area contributed by atoms with E-state index in [0.717, 1.165) is 18.6 Å². The van der Waals surface area contributed by atoms with Crippen LogP contribution >= 0.6 is 11.8 Å². The molecule has 1 N–H and O–H groups in total. The van der Waals surface area contributed by atoms with Crippen LogP contribution in [0.3, 0.4) is 0 Å². The first-order valence-electron chi connectivity index (χ1n) is 4.75. The lowest BCUT2D eigenvalue weighted by Crippen LogP contribution is -2.32. The minimum absolute atomic E-state index is 0.133. The first-order valence-corrected chi connectivity index (χ1v) is 5.79. The highest BCUT2D eigenvalue weighted by Gasteiger charge is 2.22. The van der Waals surface area contributed by atoms with Gasteiger partial charge in [-0.05, 0) is 30.5 Å². The molecule has 6 heteroatoms. The monoisotopic (exact) mass is 214 g/mol. The number of amides is 1. The van der Waals surface area contributed by atoms with Crippen LogP contribution in [-0.4, -0.2) is 30.0 Å². The summed E-state index contributed by atoms with van der Waals surface area (Å²) in [5.41, 5.74) is 8.02. The molecule has 1 unspecified atom stereocenters. The molecular formula is C8H14N4OS. The van der Waals surface area contributed by atoms with E-state index in [2.05, 4.69) is 15.3 Å². The average Bonchev–Trinajstić information content (AvgIpc) is 2.70. The molecule has 0 bridgehead atoms. The van der Waals surface area contributed by atoms with Crippen molar-refractivity contribution in [1.82, 2.24) is 5.32 Å². The predicted molar refractivity (Wildman–Crippen MR) is 57.1 cm³/mol. The topological polar surface area (TPSA) is 77.9 Å². The fourth-order valence-corrected chi connectivity index (χ4v) is 2.49. The summed E-state index contributed by atoms with van der Waals surface area (Å²) in [4.78, 5) is 14.1. The van der Waals surface area contributed by atoms with Crippen LogP contribution < -0.4 is 5.32 Å². The first-order chi connectivity index (χ1) is 6.84. The molecule has 5 nitrogen and oxygen atoms in total. The zero-order valence-electron chi connectivity index (χ0n) is 7.98. The number of thioether (sulfide) groups is 1. The summed E-state index contributed by atoms with van der Waals surface area (Å²) in [5, 5.41) is 6.38. The SMILES string of the molecule is [N-]=[N+]=NCCCNC(=O)C1CCCS1. The summed E-state index contributed by atoms with van der Waals surface area (Å²) in [5.74, 6) is 1.23. The van der Waals surface area contributed by atoms with Gasteiger partial charge in [0.1, 0.15) is 0 Å². The lowest BCUT2D eigenvalue weighted by molar-refractivity contribution is -0.120. The van der Waals surface area contributed by atoms with Crippen LogP contribution in [0, 0.1) is 0 Å². The Morgan fingerprint density at radius 3 is 3.21 bits per heavy atom. The van der Waals surface area contributed by atoms with Crippen molar-refractivity contribution in [2.24, 2.45) is 5.11 Å². The number of hydrogen-bond donors (Lipinski definition) is 1. The molecule has 1 fully saturated rings. The molecule has 14 heavy (non-hydrogen) atoms. The third-order valence-electron chi connectivity index (χ3n) is 2.02. The van der Waals surface area contributed by atoms with Gasteiger partial charge in [-0.1, -0.05) is 5.11 Å². The van der Waals surface area contributed by atoms with E-state index in [1.54, 1.807) is 11.8 Å². The fourth-order valence-electron chi connectivity index (χ4n) is 1.30. The second-order valence-corrected chi connectivity index (χ2v) is 4.41. The van der Waals surface area contributed by atoms with E-state index in [0.29, 0.717) is 19.5 Å². The van der Waals surface area contributed by atoms with Crippen molar-refractivity contribution in [3.8, 4) is 0 Å². The smallest absolute Gasteiger partial charge is 0.233 e. The molecule has 1 aliphatic rings. The number of hydrogen-bond acceptors (Lipinski definition) is 3. The number of carbonyl (C=O) groups is 1. The van der Waals surface area contributed by atoms with E-state index in [-0.39, 0.29) is 11.2 Å². The van der Waals surface area contributed by atoms with Gasteiger partial charge in [-0.25, -0.2) is 0 Å². The molecule has 78 valence electrons. The quantitative estimate of drug-likeness (QED) is 0.327. The van der Waals surface area contributed by atoms with E-state index in [1.807, 2.05) is 0 Å². The molecular weight excluding hydrogens is 200 g/mol. The van der Waals surface area contributed by atoms with Crippen molar-refractivity contribution < 1.29 is 4.79 Å². The molecule has 0 aromatic rings. The van der Waals surface area contributed by atoms with Gasteiger partial charge in [-0.15, -0.1) is 11.8 Å². The van der Waals surface area contributed by atoms with E-state index >= 15 is 0 Å². The summed E-state index contributed by atoms with van der Waals surface area (Å²) < 4.78 is 0. The van der Waals surface area contributed by atoms with E-state index in [9.17, 15) is 4.79 Å². The number of rotatable bonds is 5. The van der Waals surface area contributed by atoms with Gasteiger partial charge in [0.15, 0.2) is 0 Å². The molecule has 0 aromatic heterocycles. The zero-order chi connectivity index (χ0) is 10.2. The van der Waals surface area contributed by atoms with Crippen molar-refractivity contribution in [1.29, 1.82) is 0 Å². The van der Waals surface area contributed by atoms with Crippen molar-refractivity contribution >= 4 is 17.7 Å². The Bertz CT molecular complexity index is 233. The lowest BCUT2D eigenvalue weighted by Gasteiger charge is -2.08. The summed E-state index contributed by atoms with van der Waals surface area (Å²) in [6.07, 6.45) is 2.85. The number of carbonyl (C=O) groups excluding carboxylic acids is 1. The second-order valence-electron chi connectivity index (χ2n) is 3.10. The Morgan fingerprint density at radius 1 is 1.71 bits per heavy atom. The van der Waals surface area contributed by atoms with Crippen molar-refractivity contribution in [3.05, 3.63) is 10.4 Å². The average molecular weight is 214 g/mol. The van der Waals surface area contributed by atoms with E-state index in [4.69, 9.17) is 5.53 Å². The summed E-state index contributed by atoms with van der Waals surface area (Å²) >= 11 is 1.72. The third-order valence-corrected chi connectivity index (χ3v) is 3.40. The maximum atomic E-state index is 11.4. The maximum Gasteiger partial charge on any atom is 0.233 e. The number of nitrogens with one attached hydrogen (secondary N) is 1. The Kier molecular flexibility index (Phi) is 5.25. The maximum absolute atomic E-state index is 11.4. The summed E-state index contributed by atoms with van der Waals surface area (Å²) in [7, 11) is 0. The summed E-state index contributed by atoms with van der Waals surface area (Å²) in [6, 6.07) is 0. The van der Waals surface area contributed by atoms with Crippen LogP contribution in [0.5, 0.6) is 0 Å². The highest BCUT2D eigenvalue weighted by molar-refractivity contribution is 8.00. The van der Waals surface area contributed by atoms with Gasteiger partial charge in [0, 0.05) is 18.0 Å². The van der Waals surface area contributed by atoms with E-state index in [1.165, 1.54) is 0 Å². The van der Waals surface area contributed by atoms with Gasteiger partial charge in [-0.3, -0.25) is 4.79 Å². The molecule has 0 spiro atoms. The Morgan fingerprint density at radius 2 is 2.57 bits per heavy atom. The Hall–Kier alpha value is -0.870. The molecule has 1 heterocycles. The van der Waals surface area contributed by atoms with Crippen molar-refractivity contribution in [3.63, 3.8) is 0 Å². The summed E-state index contributed by atoms with van der Waals surface area (Å²) in [6.45, 7) is 1.06. The van der Waals surface area contributed by atoms with E-state index < -0.39 is 0 Å². The van der Waals surface area contributed by atoms with Crippen molar-refractivity contribution in [2.75, 3.05) is 18.8 Å². The van der Waals surface area contributed by atoms with Crippen LogP contribution in [0.4, 0.5) is 0 Å². The molecule has 0 aromatic carbocycles. The first kappa shape index (κ1) is 11.2. The molecule has 0 saturated carbocycles. The number of azide groups is 1. The molecule has 0 aliphatic carbocycles. The largest absolute Gasteiger partial charge is 0.355 e. The third kappa shape index (κ3) is 3.89. The van der Waals surface area contributed by atoms with Crippen LogP contribution in [0.2, 0.25) is 0 Å². The van der Waals surface area contributed by atoms with Gasteiger partial charge in [0.2, 0.25) is 5.91 Å². The minimum Gasteiger partial charge on any atom is -0.355 e. The molecule has 1 saturated heterocycles. The zero-order valence-corrected chi connectivity index (χ0v) is 8.79.